The van der Waals surface area contributed by atoms with Gasteiger partial charge in [-0.05, 0) is 62.6 Å². The number of anilines is 1. The second-order valence-electron chi connectivity index (χ2n) is 10.3. The van der Waals surface area contributed by atoms with E-state index in [0.29, 0.717) is 12.1 Å². The summed E-state index contributed by atoms with van der Waals surface area (Å²) in [5.74, 6) is -0.971. The van der Waals surface area contributed by atoms with E-state index in [9.17, 15) is 22.4 Å². The van der Waals surface area contributed by atoms with E-state index in [-0.39, 0.29) is 43.8 Å². The molecule has 0 aromatic heterocycles. The van der Waals surface area contributed by atoms with Crippen LogP contribution in [0.5, 0.6) is 0 Å². The summed E-state index contributed by atoms with van der Waals surface area (Å²) in [6.07, 6.45) is 1.66. The molecule has 0 radical (unpaired) electrons. The molecule has 2 amide bonds. The number of hydrogen-bond acceptors (Lipinski definition) is 4. The van der Waals surface area contributed by atoms with Crippen LogP contribution in [0.4, 0.5) is 10.1 Å². The second-order valence-corrected chi connectivity index (χ2v) is 12.2. The largest absolute Gasteiger partial charge is 0.352 e. The first-order valence-corrected chi connectivity index (χ1v) is 15.2. The Balaban J connectivity index is 1.87. The zero-order valence-corrected chi connectivity index (χ0v) is 24.3. The molecule has 3 rings (SSSR count). The van der Waals surface area contributed by atoms with Crippen LogP contribution in [-0.4, -0.2) is 50.0 Å². The smallest absolute Gasteiger partial charge is 0.243 e. The molecule has 0 spiro atoms. The monoisotopic (exact) mass is 567 g/mol. The van der Waals surface area contributed by atoms with Crippen molar-refractivity contribution in [3.63, 3.8) is 0 Å². The summed E-state index contributed by atoms with van der Waals surface area (Å²) in [6, 6.07) is 21.7. The van der Waals surface area contributed by atoms with Crippen molar-refractivity contribution in [3.05, 3.63) is 101 Å². The first kappa shape index (κ1) is 30.8. The fourth-order valence-electron chi connectivity index (χ4n) is 4.55. The summed E-state index contributed by atoms with van der Waals surface area (Å²) < 4.78 is 39.6. The number of rotatable bonds is 13. The molecule has 214 valence electrons. The number of nitrogens with zero attached hydrogens (tertiary/aromatic N) is 2. The number of benzene rings is 3. The van der Waals surface area contributed by atoms with Gasteiger partial charge in [0.2, 0.25) is 21.8 Å². The van der Waals surface area contributed by atoms with Crippen molar-refractivity contribution in [2.75, 3.05) is 17.1 Å². The predicted molar refractivity (Wildman–Crippen MR) is 157 cm³/mol. The number of halogens is 1. The van der Waals surface area contributed by atoms with E-state index < -0.39 is 21.9 Å². The van der Waals surface area contributed by atoms with Gasteiger partial charge in [-0.2, -0.15) is 0 Å². The number of hydrogen-bond donors (Lipinski definition) is 1. The molecule has 0 saturated heterocycles. The lowest BCUT2D eigenvalue weighted by Crippen LogP contribution is -2.51. The highest BCUT2D eigenvalue weighted by atomic mass is 32.2. The standard InChI is InChI=1S/C31H38FN3O4S/c1-23(2)33-31(37)29(21-25-11-6-5-7-12-25)34(22-26-13-8-10-24(3)20-26)30(36)14-9-19-35(40(4,38)39)28-17-15-27(32)16-18-28/h5-8,10-13,15-18,20,23,29H,9,14,19,21-22H2,1-4H3,(H,33,37)/t29-/m0/s1. The molecule has 0 unspecified atom stereocenters. The van der Waals surface area contributed by atoms with E-state index in [0.717, 1.165) is 27.3 Å². The van der Waals surface area contributed by atoms with Crippen LogP contribution in [0.3, 0.4) is 0 Å². The maximum absolute atomic E-state index is 13.8. The van der Waals surface area contributed by atoms with Crippen LogP contribution < -0.4 is 9.62 Å². The third-order valence-corrected chi connectivity index (χ3v) is 7.60. The molecule has 0 aliphatic heterocycles. The molecule has 3 aromatic rings. The van der Waals surface area contributed by atoms with Gasteiger partial charge in [-0.3, -0.25) is 13.9 Å². The molecule has 7 nitrogen and oxygen atoms in total. The van der Waals surface area contributed by atoms with Crippen molar-refractivity contribution in [1.82, 2.24) is 10.2 Å². The molecular weight excluding hydrogens is 529 g/mol. The third-order valence-electron chi connectivity index (χ3n) is 6.40. The lowest BCUT2D eigenvalue weighted by molar-refractivity contribution is -0.141. The normalized spacial score (nSPS) is 12.2. The van der Waals surface area contributed by atoms with E-state index in [1.54, 1.807) is 4.90 Å². The highest BCUT2D eigenvalue weighted by Crippen LogP contribution is 2.21. The van der Waals surface area contributed by atoms with Crippen molar-refractivity contribution >= 4 is 27.5 Å². The van der Waals surface area contributed by atoms with Crippen molar-refractivity contribution in [2.45, 2.75) is 58.7 Å². The Morgan fingerprint density at radius 1 is 0.925 bits per heavy atom. The molecule has 9 heteroatoms. The van der Waals surface area contributed by atoms with Gasteiger partial charge in [0.15, 0.2) is 0 Å². The Bertz CT molecular complexity index is 1380. The van der Waals surface area contributed by atoms with Crippen LogP contribution in [-0.2, 0) is 32.6 Å². The average molecular weight is 568 g/mol. The minimum absolute atomic E-state index is 0.0271. The van der Waals surface area contributed by atoms with Gasteiger partial charge in [0.1, 0.15) is 11.9 Å². The SMILES string of the molecule is Cc1cccc(CN(C(=O)CCCN(c2ccc(F)cc2)S(C)(=O)=O)[C@@H](Cc2ccccc2)C(=O)NC(C)C)c1. The summed E-state index contributed by atoms with van der Waals surface area (Å²) >= 11 is 0. The number of carbonyl (C=O) groups excluding carboxylic acids is 2. The molecule has 0 aliphatic rings. The maximum atomic E-state index is 13.8. The molecule has 0 fully saturated rings. The fraction of sp³-hybridized carbons (Fsp3) is 0.355. The Hall–Kier alpha value is -3.72. The Morgan fingerprint density at radius 3 is 2.17 bits per heavy atom. The first-order valence-electron chi connectivity index (χ1n) is 13.4. The molecule has 0 aliphatic carbocycles. The molecule has 40 heavy (non-hydrogen) atoms. The van der Waals surface area contributed by atoms with E-state index >= 15 is 0 Å². The maximum Gasteiger partial charge on any atom is 0.243 e. The van der Waals surface area contributed by atoms with Crippen molar-refractivity contribution in [1.29, 1.82) is 0 Å². The molecule has 0 saturated carbocycles. The van der Waals surface area contributed by atoms with Gasteiger partial charge in [0, 0.05) is 32.0 Å². The number of sulfonamides is 1. The Morgan fingerprint density at radius 2 is 1.57 bits per heavy atom. The highest BCUT2D eigenvalue weighted by molar-refractivity contribution is 7.92. The second kappa shape index (κ2) is 14.1. The van der Waals surface area contributed by atoms with Gasteiger partial charge in [-0.1, -0.05) is 60.2 Å². The zero-order chi connectivity index (χ0) is 29.3. The van der Waals surface area contributed by atoms with Crippen LogP contribution in [0.15, 0.2) is 78.9 Å². The first-order chi connectivity index (χ1) is 18.9. The van der Waals surface area contributed by atoms with Crippen molar-refractivity contribution in [3.8, 4) is 0 Å². The van der Waals surface area contributed by atoms with E-state index in [1.165, 1.54) is 24.3 Å². The van der Waals surface area contributed by atoms with E-state index in [2.05, 4.69) is 5.32 Å². The average Bonchev–Trinajstić information content (AvgIpc) is 2.89. The highest BCUT2D eigenvalue weighted by Gasteiger charge is 2.31. The van der Waals surface area contributed by atoms with Crippen LogP contribution in [0, 0.1) is 12.7 Å². The van der Waals surface area contributed by atoms with Gasteiger partial charge < -0.3 is 10.2 Å². The van der Waals surface area contributed by atoms with E-state index in [4.69, 9.17) is 0 Å². The summed E-state index contributed by atoms with van der Waals surface area (Å²) in [4.78, 5) is 28.9. The Labute approximate surface area is 237 Å². The summed E-state index contributed by atoms with van der Waals surface area (Å²) in [7, 11) is -3.66. The molecule has 1 N–H and O–H groups in total. The van der Waals surface area contributed by atoms with Gasteiger partial charge >= 0.3 is 0 Å². The summed E-state index contributed by atoms with van der Waals surface area (Å²) in [6.45, 7) is 5.99. The predicted octanol–water partition coefficient (Wildman–Crippen LogP) is 4.85. The number of nitrogens with one attached hydrogen (secondary N) is 1. The Kier molecular flexibility index (Phi) is 10.8. The number of carbonyl (C=O) groups is 2. The van der Waals surface area contributed by atoms with Crippen LogP contribution in [0.1, 0.15) is 43.4 Å². The number of aryl methyl sites for hydroxylation is 1. The zero-order valence-electron chi connectivity index (χ0n) is 23.5. The molecule has 0 heterocycles. The van der Waals surface area contributed by atoms with E-state index in [1.807, 2.05) is 75.4 Å². The molecule has 3 aromatic carbocycles. The minimum atomic E-state index is -3.66. The summed E-state index contributed by atoms with van der Waals surface area (Å²) in [5, 5.41) is 2.96. The van der Waals surface area contributed by atoms with Gasteiger partial charge in [-0.15, -0.1) is 0 Å². The lowest BCUT2D eigenvalue weighted by atomic mass is 10.0. The lowest BCUT2D eigenvalue weighted by Gasteiger charge is -2.32. The third kappa shape index (κ3) is 9.19. The molecular formula is C31H38FN3O4S. The van der Waals surface area contributed by atoms with Crippen LogP contribution in [0.25, 0.3) is 0 Å². The van der Waals surface area contributed by atoms with Gasteiger partial charge in [-0.25, -0.2) is 12.8 Å². The quantitative estimate of drug-likeness (QED) is 0.320. The van der Waals surface area contributed by atoms with Crippen molar-refractivity contribution in [2.24, 2.45) is 0 Å². The van der Waals surface area contributed by atoms with Gasteiger partial charge in [0.05, 0.1) is 11.9 Å². The summed E-state index contributed by atoms with van der Waals surface area (Å²) in [5.41, 5.74) is 3.19. The fourth-order valence-corrected chi connectivity index (χ4v) is 5.52. The van der Waals surface area contributed by atoms with Gasteiger partial charge in [0.25, 0.3) is 0 Å². The number of amides is 2. The van der Waals surface area contributed by atoms with Crippen LogP contribution >= 0.6 is 0 Å². The van der Waals surface area contributed by atoms with Crippen molar-refractivity contribution < 1.29 is 22.4 Å². The molecule has 1 atom stereocenters. The van der Waals surface area contributed by atoms with Crippen LogP contribution in [0.2, 0.25) is 0 Å². The molecule has 0 bridgehead atoms. The minimum Gasteiger partial charge on any atom is -0.352 e. The topological polar surface area (TPSA) is 86.8 Å².